The van der Waals surface area contributed by atoms with Gasteiger partial charge in [-0.15, -0.1) is 0 Å². The molecule has 0 amide bonds. The number of halogens is 1. The van der Waals surface area contributed by atoms with Crippen molar-refractivity contribution in [2.75, 3.05) is 0 Å². The first-order valence-corrected chi connectivity index (χ1v) is 4.13. The maximum Gasteiger partial charge on any atom is 0.125 e. The molecule has 68 valence electrons. The van der Waals surface area contributed by atoms with Gasteiger partial charge < -0.3 is 0 Å². The second-order valence-electron chi connectivity index (χ2n) is 2.73. The number of allylic oxidation sites excluding steroid dienone is 7. The Labute approximate surface area is 77.7 Å². The third-order valence-electron chi connectivity index (χ3n) is 1.68. The Morgan fingerprint density at radius 3 is 3.08 bits per heavy atom. The fraction of sp³-hybridized carbons (Fsp3) is 0.182. The Morgan fingerprint density at radius 1 is 1.62 bits per heavy atom. The van der Waals surface area contributed by atoms with E-state index in [-0.39, 0.29) is 5.83 Å². The Bertz CT molecular complexity index is 319. The van der Waals surface area contributed by atoms with Crippen molar-refractivity contribution in [2.24, 2.45) is 4.99 Å². The van der Waals surface area contributed by atoms with Crippen LogP contribution in [0.3, 0.4) is 0 Å². The topological polar surface area (TPSA) is 12.4 Å². The van der Waals surface area contributed by atoms with E-state index in [4.69, 9.17) is 0 Å². The average molecular weight is 177 g/mol. The minimum Gasteiger partial charge on any atom is -0.251 e. The van der Waals surface area contributed by atoms with Crippen molar-refractivity contribution in [3.8, 4) is 0 Å². The van der Waals surface area contributed by atoms with Crippen LogP contribution < -0.4 is 0 Å². The van der Waals surface area contributed by atoms with E-state index in [1.807, 2.05) is 0 Å². The summed E-state index contributed by atoms with van der Waals surface area (Å²) in [5.74, 6) is -0.168. The van der Waals surface area contributed by atoms with E-state index in [0.29, 0.717) is 12.1 Å². The lowest BCUT2D eigenvalue weighted by Crippen LogP contribution is -1.86. The normalized spacial score (nSPS) is 17.5. The van der Waals surface area contributed by atoms with Gasteiger partial charge in [0.2, 0.25) is 0 Å². The largest absolute Gasteiger partial charge is 0.251 e. The molecule has 2 heteroatoms. The summed E-state index contributed by atoms with van der Waals surface area (Å²) in [4.78, 5) is 4.09. The minimum atomic E-state index is -0.168. The van der Waals surface area contributed by atoms with Crippen molar-refractivity contribution in [3.63, 3.8) is 0 Å². The minimum absolute atomic E-state index is 0.168. The Morgan fingerprint density at radius 2 is 2.38 bits per heavy atom. The number of rotatable bonds is 2. The van der Waals surface area contributed by atoms with Crippen LogP contribution in [0.4, 0.5) is 4.39 Å². The van der Waals surface area contributed by atoms with Gasteiger partial charge in [0.15, 0.2) is 0 Å². The molecular weight excluding hydrogens is 165 g/mol. The molecular formula is C11H12FN. The summed E-state index contributed by atoms with van der Waals surface area (Å²) >= 11 is 0. The van der Waals surface area contributed by atoms with Crippen molar-refractivity contribution < 1.29 is 4.39 Å². The van der Waals surface area contributed by atoms with Gasteiger partial charge >= 0.3 is 0 Å². The highest BCUT2D eigenvalue weighted by atomic mass is 19.1. The summed E-state index contributed by atoms with van der Waals surface area (Å²) < 4.78 is 13.0. The predicted octanol–water partition coefficient (Wildman–Crippen LogP) is 3.33. The van der Waals surface area contributed by atoms with Gasteiger partial charge in [0, 0.05) is 6.42 Å². The molecule has 0 aromatic heterocycles. The van der Waals surface area contributed by atoms with Crippen LogP contribution in [-0.2, 0) is 0 Å². The molecule has 1 rings (SSSR count). The lowest BCUT2D eigenvalue weighted by molar-refractivity contribution is 0.604. The molecule has 0 spiro atoms. The first-order valence-electron chi connectivity index (χ1n) is 4.13. The molecule has 0 N–H and O–H groups in total. The lowest BCUT2D eigenvalue weighted by Gasteiger charge is -1.93. The zero-order chi connectivity index (χ0) is 9.68. The second kappa shape index (κ2) is 4.55. The van der Waals surface area contributed by atoms with Crippen LogP contribution in [0.25, 0.3) is 0 Å². The number of hydrogen-bond donors (Lipinski definition) is 0. The molecule has 13 heavy (non-hydrogen) atoms. The maximum atomic E-state index is 13.0. The first kappa shape index (κ1) is 9.65. The molecule has 0 aromatic rings. The van der Waals surface area contributed by atoms with Crippen LogP contribution in [-0.4, -0.2) is 5.71 Å². The molecule has 0 radical (unpaired) electrons. The van der Waals surface area contributed by atoms with Crippen LogP contribution in [0.15, 0.2) is 53.5 Å². The van der Waals surface area contributed by atoms with E-state index in [9.17, 15) is 4.39 Å². The summed E-state index contributed by atoms with van der Waals surface area (Å²) in [7, 11) is 0. The summed E-state index contributed by atoms with van der Waals surface area (Å²) in [5, 5.41) is 0. The first-order chi connectivity index (χ1) is 6.24. The highest BCUT2D eigenvalue weighted by molar-refractivity contribution is 6.04. The average Bonchev–Trinajstić information content (AvgIpc) is 2.26. The summed E-state index contributed by atoms with van der Waals surface area (Å²) in [6, 6.07) is 0. The highest BCUT2D eigenvalue weighted by Crippen LogP contribution is 2.15. The van der Waals surface area contributed by atoms with E-state index in [1.165, 1.54) is 0 Å². The van der Waals surface area contributed by atoms with Gasteiger partial charge in [-0.2, -0.15) is 0 Å². The van der Waals surface area contributed by atoms with Crippen LogP contribution in [0.1, 0.15) is 13.3 Å². The van der Waals surface area contributed by atoms with Gasteiger partial charge in [-0.3, -0.25) is 4.99 Å². The predicted molar refractivity (Wildman–Crippen MR) is 54.3 cm³/mol. The van der Waals surface area contributed by atoms with Crippen molar-refractivity contribution in [2.45, 2.75) is 13.3 Å². The third-order valence-corrected chi connectivity index (χ3v) is 1.68. The van der Waals surface area contributed by atoms with Crippen molar-refractivity contribution in [1.29, 1.82) is 0 Å². The van der Waals surface area contributed by atoms with Crippen molar-refractivity contribution in [3.05, 3.63) is 48.5 Å². The zero-order valence-electron chi connectivity index (χ0n) is 7.63. The van der Waals surface area contributed by atoms with Crippen LogP contribution in [0, 0.1) is 0 Å². The molecule has 0 aromatic carbocycles. The van der Waals surface area contributed by atoms with Gasteiger partial charge in [-0.25, -0.2) is 4.39 Å². The summed E-state index contributed by atoms with van der Waals surface area (Å²) in [6.45, 7) is 5.22. The molecule has 1 heterocycles. The third kappa shape index (κ3) is 2.82. The summed E-state index contributed by atoms with van der Waals surface area (Å²) in [5.41, 5.74) is 1.21. The quantitative estimate of drug-likeness (QED) is 0.574. The molecule has 0 bridgehead atoms. The molecule has 0 aliphatic carbocycles. The SMILES string of the molecule is C=C/C=C\C1=NC(C)=C(F)CC=C1. The van der Waals surface area contributed by atoms with Gasteiger partial charge in [-0.05, 0) is 19.1 Å². The van der Waals surface area contributed by atoms with Gasteiger partial charge in [-0.1, -0.05) is 24.8 Å². The van der Waals surface area contributed by atoms with Gasteiger partial charge in [0.1, 0.15) is 5.83 Å². The van der Waals surface area contributed by atoms with E-state index in [2.05, 4.69) is 11.6 Å². The van der Waals surface area contributed by atoms with Crippen molar-refractivity contribution >= 4 is 5.71 Å². The fourth-order valence-corrected chi connectivity index (χ4v) is 0.982. The highest BCUT2D eigenvalue weighted by Gasteiger charge is 2.02. The van der Waals surface area contributed by atoms with Gasteiger partial charge in [0.05, 0.1) is 11.4 Å². The molecule has 1 aliphatic rings. The zero-order valence-corrected chi connectivity index (χ0v) is 7.63. The lowest BCUT2D eigenvalue weighted by atomic mass is 10.3. The molecule has 0 fully saturated rings. The molecule has 0 unspecified atom stereocenters. The van der Waals surface area contributed by atoms with E-state index in [0.717, 1.165) is 5.71 Å². The smallest absolute Gasteiger partial charge is 0.125 e. The van der Waals surface area contributed by atoms with Crippen LogP contribution in [0.5, 0.6) is 0 Å². The Hall–Kier alpha value is -1.44. The molecule has 1 nitrogen and oxygen atoms in total. The Kier molecular flexibility index (Phi) is 3.38. The molecule has 1 aliphatic heterocycles. The maximum absolute atomic E-state index is 13.0. The second-order valence-corrected chi connectivity index (χ2v) is 2.73. The van der Waals surface area contributed by atoms with E-state index in [1.54, 1.807) is 37.3 Å². The number of hydrogen-bond acceptors (Lipinski definition) is 1. The van der Waals surface area contributed by atoms with E-state index < -0.39 is 0 Å². The Balaban J connectivity index is 2.92. The van der Waals surface area contributed by atoms with E-state index >= 15 is 0 Å². The number of nitrogens with zero attached hydrogens (tertiary/aromatic N) is 1. The number of aliphatic imine (C=N–C) groups is 1. The van der Waals surface area contributed by atoms with Crippen molar-refractivity contribution in [1.82, 2.24) is 0 Å². The summed E-state index contributed by atoms with van der Waals surface area (Å²) in [6.07, 6.45) is 9.14. The van der Waals surface area contributed by atoms with Crippen LogP contribution in [0.2, 0.25) is 0 Å². The molecule has 0 atom stereocenters. The molecule has 0 saturated heterocycles. The van der Waals surface area contributed by atoms with Crippen LogP contribution >= 0.6 is 0 Å². The molecule has 0 saturated carbocycles. The fourth-order valence-electron chi connectivity index (χ4n) is 0.982. The standard InChI is InChI=1S/C11H12FN/c1-3-4-6-10-7-5-8-11(12)9(2)13-10/h3-7H,1,8H2,2H3/b6-4-. The van der Waals surface area contributed by atoms with Gasteiger partial charge in [0.25, 0.3) is 0 Å². The monoisotopic (exact) mass is 177 g/mol.